The number of nitro groups is 1. The third-order valence-electron chi connectivity index (χ3n) is 2.49. The smallest absolute Gasteiger partial charge is 0.270 e. The van der Waals surface area contributed by atoms with E-state index in [1.54, 1.807) is 14.0 Å². The number of fused-ring (bicyclic) bond motifs is 1. The van der Waals surface area contributed by atoms with Crippen LogP contribution in [0, 0.1) is 17.0 Å². The molecule has 1 aromatic carbocycles. The monoisotopic (exact) mass is 219 g/mol. The summed E-state index contributed by atoms with van der Waals surface area (Å²) in [6.07, 6.45) is 0. The average Bonchev–Trinajstić information content (AvgIpc) is 2.25. The highest BCUT2D eigenvalue weighted by Crippen LogP contribution is 2.16. The number of aryl methyl sites for hydroxylation is 1. The van der Waals surface area contributed by atoms with Gasteiger partial charge in [-0.2, -0.15) is 0 Å². The van der Waals surface area contributed by atoms with Crippen molar-refractivity contribution in [3.8, 4) is 0 Å². The summed E-state index contributed by atoms with van der Waals surface area (Å²) in [5, 5.41) is 10.9. The molecule has 2 rings (SSSR count). The zero-order valence-electron chi connectivity index (χ0n) is 8.80. The van der Waals surface area contributed by atoms with Crippen molar-refractivity contribution >= 4 is 16.6 Å². The zero-order chi connectivity index (χ0) is 11.9. The minimum absolute atomic E-state index is 0.102. The van der Waals surface area contributed by atoms with Crippen LogP contribution in [0.4, 0.5) is 5.69 Å². The molecule has 16 heavy (non-hydrogen) atoms. The van der Waals surface area contributed by atoms with Crippen LogP contribution in [0.15, 0.2) is 23.0 Å². The van der Waals surface area contributed by atoms with Gasteiger partial charge in [-0.3, -0.25) is 19.5 Å². The minimum atomic E-state index is -0.529. The molecule has 0 unspecified atom stereocenters. The van der Waals surface area contributed by atoms with Gasteiger partial charge in [-0.05, 0) is 13.0 Å². The summed E-state index contributed by atoms with van der Waals surface area (Å²) in [7, 11) is 1.59. The van der Waals surface area contributed by atoms with Crippen molar-refractivity contribution in [2.24, 2.45) is 7.05 Å². The summed E-state index contributed by atoms with van der Waals surface area (Å²) in [6, 6.07) is 4.08. The van der Waals surface area contributed by atoms with Gasteiger partial charge in [-0.1, -0.05) is 0 Å². The van der Waals surface area contributed by atoms with E-state index < -0.39 is 4.92 Å². The highest BCUT2D eigenvalue weighted by atomic mass is 16.6. The van der Waals surface area contributed by atoms with E-state index in [-0.39, 0.29) is 16.6 Å². The number of non-ortho nitro benzene ring substituents is 1. The van der Waals surface area contributed by atoms with Crippen molar-refractivity contribution in [2.45, 2.75) is 6.92 Å². The lowest BCUT2D eigenvalue weighted by Crippen LogP contribution is -2.20. The first-order chi connectivity index (χ1) is 7.50. The van der Waals surface area contributed by atoms with Crippen molar-refractivity contribution in [3.63, 3.8) is 0 Å². The van der Waals surface area contributed by atoms with E-state index in [4.69, 9.17) is 0 Å². The van der Waals surface area contributed by atoms with E-state index >= 15 is 0 Å². The molecule has 0 aliphatic rings. The number of hydrogen-bond acceptors (Lipinski definition) is 4. The second-order valence-corrected chi connectivity index (χ2v) is 3.48. The quantitative estimate of drug-likeness (QED) is 0.532. The van der Waals surface area contributed by atoms with Crippen molar-refractivity contribution in [1.82, 2.24) is 9.55 Å². The van der Waals surface area contributed by atoms with E-state index in [2.05, 4.69) is 4.98 Å². The van der Waals surface area contributed by atoms with Crippen LogP contribution in [-0.2, 0) is 7.05 Å². The van der Waals surface area contributed by atoms with Crippen LogP contribution in [0.1, 0.15) is 5.82 Å². The number of nitrogens with zero attached hydrogens (tertiary/aromatic N) is 3. The second-order valence-electron chi connectivity index (χ2n) is 3.48. The van der Waals surface area contributed by atoms with E-state index in [0.29, 0.717) is 11.3 Å². The largest absolute Gasteiger partial charge is 0.299 e. The van der Waals surface area contributed by atoms with Gasteiger partial charge in [0.05, 0.1) is 15.8 Å². The Hall–Kier alpha value is -2.24. The third kappa shape index (κ3) is 1.44. The van der Waals surface area contributed by atoms with Gasteiger partial charge in [-0.25, -0.2) is 4.98 Å². The Morgan fingerprint density at radius 3 is 2.75 bits per heavy atom. The Morgan fingerprint density at radius 2 is 2.12 bits per heavy atom. The molecule has 0 amide bonds. The van der Waals surface area contributed by atoms with Gasteiger partial charge in [0.15, 0.2) is 0 Å². The Balaban J connectivity index is 2.88. The summed E-state index contributed by atoms with van der Waals surface area (Å²) in [4.78, 5) is 26.1. The van der Waals surface area contributed by atoms with Gasteiger partial charge in [0.1, 0.15) is 5.82 Å². The molecular formula is C10H9N3O3. The number of nitro benzene ring substituents is 1. The molecule has 1 aromatic heterocycles. The van der Waals surface area contributed by atoms with Crippen LogP contribution in [0.2, 0.25) is 0 Å². The first kappa shape index (κ1) is 10.3. The standard InChI is InChI=1S/C10H9N3O3/c1-6-11-9-4-3-7(13(15)16)5-8(9)10(14)12(6)2/h3-5H,1-2H3. The second kappa shape index (κ2) is 3.41. The van der Waals surface area contributed by atoms with E-state index in [0.717, 1.165) is 0 Å². The lowest BCUT2D eigenvalue weighted by Gasteiger charge is -2.04. The molecule has 0 bridgehead atoms. The van der Waals surface area contributed by atoms with Crippen LogP contribution in [-0.4, -0.2) is 14.5 Å². The van der Waals surface area contributed by atoms with Gasteiger partial charge < -0.3 is 0 Å². The maximum atomic E-state index is 11.8. The first-order valence-electron chi connectivity index (χ1n) is 4.62. The fraction of sp³-hybridized carbons (Fsp3) is 0.200. The molecule has 1 heterocycles. The lowest BCUT2D eigenvalue weighted by molar-refractivity contribution is -0.384. The first-order valence-corrected chi connectivity index (χ1v) is 4.62. The molecule has 0 radical (unpaired) electrons. The zero-order valence-corrected chi connectivity index (χ0v) is 8.80. The molecule has 82 valence electrons. The molecular weight excluding hydrogens is 210 g/mol. The molecule has 0 N–H and O–H groups in total. The highest BCUT2D eigenvalue weighted by molar-refractivity contribution is 5.80. The number of hydrogen-bond donors (Lipinski definition) is 0. The Labute approximate surface area is 90.3 Å². The highest BCUT2D eigenvalue weighted by Gasteiger charge is 2.10. The predicted octanol–water partition coefficient (Wildman–Crippen LogP) is 1.15. The molecule has 0 saturated carbocycles. The summed E-state index contributed by atoms with van der Waals surface area (Å²) in [6.45, 7) is 1.71. The molecule has 0 saturated heterocycles. The van der Waals surface area contributed by atoms with E-state index in [1.807, 2.05) is 0 Å². The fourth-order valence-corrected chi connectivity index (χ4v) is 1.48. The van der Waals surface area contributed by atoms with Crippen molar-refractivity contribution in [3.05, 3.63) is 44.5 Å². The fourth-order valence-electron chi connectivity index (χ4n) is 1.48. The summed E-state index contributed by atoms with van der Waals surface area (Å²) in [5.74, 6) is 0.575. The molecule has 6 nitrogen and oxygen atoms in total. The average molecular weight is 219 g/mol. The maximum Gasteiger partial charge on any atom is 0.270 e. The molecule has 2 aromatic rings. The SMILES string of the molecule is Cc1nc2ccc([N+](=O)[O-])cc2c(=O)n1C. The summed E-state index contributed by atoms with van der Waals surface area (Å²) < 4.78 is 1.37. The molecule has 0 atom stereocenters. The van der Waals surface area contributed by atoms with Crippen LogP contribution in [0.25, 0.3) is 10.9 Å². The van der Waals surface area contributed by atoms with Crippen LogP contribution < -0.4 is 5.56 Å². The van der Waals surface area contributed by atoms with Gasteiger partial charge in [0.25, 0.3) is 11.2 Å². The minimum Gasteiger partial charge on any atom is -0.299 e. The summed E-state index contributed by atoms with van der Waals surface area (Å²) in [5.41, 5.74) is 0.104. The van der Waals surface area contributed by atoms with Crippen molar-refractivity contribution in [1.29, 1.82) is 0 Å². The van der Waals surface area contributed by atoms with Crippen LogP contribution in [0.3, 0.4) is 0 Å². The predicted molar refractivity (Wildman–Crippen MR) is 58.4 cm³/mol. The van der Waals surface area contributed by atoms with Crippen molar-refractivity contribution < 1.29 is 4.92 Å². The topological polar surface area (TPSA) is 78.0 Å². The molecule has 0 aliphatic carbocycles. The molecule has 0 fully saturated rings. The molecule has 0 aliphatic heterocycles. The lowest BCUT2D eigenvalue weighted by atomic mass is 10.2. The van der Waals surface area contributed by atoms with Crippen LogP contribution in [0.5, 0.6) is 0 Å². The van der Waals surface area contributed by atoms with Gasteiger partial charge >= 0.3 is 0 Å². The van der Waals surface area contributed by atoms with E-state index in [1.165, 1.54) is 22.8 Å². The third-order valence-corrected chi connectivity index (χ3v) is 2.49. The number of benzene rings is 1. The van der Waals surface area contributed by atoms with Crippen molar-refractivity contribution in [2.75, 3.05) is 0 Å². The van der Waals surface area contributed by atoms with Gasteiger partial charge in [-0.15, -0.1) is 0 Å². The Morgan fingerprint density at radius 1 is 1.44 bits per heavy atom. The molecule has 0 spiro atoms. The van der Waals surface area contributed by atoms with Gasteiger partial charge in [0, 0.05) is 19.2 Å². The van der Waals surface area contributed by atoms with Crippen LogP contribution >= 0.6 is 0 Å². The molecule has 6 heteroatoms. The summed E-state index contributed by atoms with van der Waals surface area (Å²) >= 11 is 0. The maximum absolute atomic E-state index is 11.8. The number of aromatic nitrogens is 2. The Bertz CT molecular complexity index is 646. The van der Waals surface area contributed by atoms with E-state index in [9.17, 15) is 14.9 Å². The van der Waals surface area contributed by atoms with Gasteiger partial charge in [0.2, 0.25) is 0 Å². The number of rotatable bonds is 1. The normalized spacial score (nSPS) is 10.6. The Kier molecular flexibility index (Phi) is 2.19.